The van der Waals surface area contributed by atoms with E-state index in [4.69, 9.17) is 4.74 Å². The van der Waals surface area contributed by atoms with E-state index in [-0.39, 0.29) is 12.0 Å². The third-order valence-corrected chi connectivity index (χ3v) is 4.80. The van der Waals surface area contributed by atoms with Gasteiger partial charge in [-0.25, -0.2) is 0 Å². The highest BCUT2D eigenvalue weighted by molar-refractivity contribution is 5.81. The van der Waals surface area contributed by atoms with Crippen molar-refractivity contribution in [2.75, 3.05) is 13.2 Å². The first-order valence-electron chi connectivity index (χ1n) is 8.63. The minimum Gasteiger partial charge on any atom is -0.368 e. The molecule has 1 saturated heterocycles. The molecule has 2 aliphatic rings. The summed E-state index contributed by atoms with van der Waals surface area (Å²) in [6.07, 6.45) is 9.87. The predicted octanol–water partition coefficient (Wildman–Crippen LogP) is 3.17. The summed E-state index contributed by atoms with van der Waals surface area (Å²) >= 11 is 0. The number of hydrogen-bond donors (Lipinski definition) is 0. The van der Waals surface area contributed by atoms with E-state index in [9.17, 15) is 4.79 Å². The fraction of sp³-hybridized carbons (Fsp3) is 0.667. The maximum absolute atomic E-state index is 12.8. The molecular weight excluding hydrogens is 276 g/mol. The van der Waals surface area contributed by atoms with Crippen LogP contribution in [0, 0.1) is 5.92 Å². The first-order chi connectivity index (χ1) is 10.8. The van der Waals surface area contributed by atoms with Gasteiger partial charge >= 0.3 is 0 Å². The summed E-state index contributed by atoms with van der Waals surface area (Å²) in [5.41, 5.74) is 0.963. The van der Waals surface area contributed by atoms with Crippen molar-refractivity contribution in [3.8, 4) is 0 Å². The molecule has 3 rings (SSSR count). The van der Waals surface area contributed by atoms with Gasteiger partial charge in [0.2, 0.25) is 0 Å². The number of carbonyl (C=O) groups excluding carboxylic acids is 1. The lowest BCUT2D eigenvalue weighted by atomic mass is 9.89. The van der Waals surface area contributed by atoms with Crippen LogP contribution in [0.3, 0.4) is 0 Å². The van der Waals surface area contributed by atoms with Crippen LogP contribution in [0.2, 0.25) is 0 Å². The summed E-state index contributed by atoms with van der Waals surface area (Å²) < 4.78 is 5.61. The second kappa shape index (κ2) is 7.73. The molecule has 120 valence electrons. The molecule has 1 saturated carbocycles. The fourth-order valence-corrected chi connectivity index (χ4v) is 3.58. The highest BCUT2D eigenvalue weighted by Crippen LogP contribution is 2.26. The van der Waals surface area contributed by atoms with E-state index in [2.05, 4.69) is 4.98 Å². The first-order valence-corrected chi connectivity index (χ1v) is 8.63. The number of nitrogens with zero attached hydrogens (tertiary/aromatic N) is 2. The van der Waals surface area contributed by atoms with Gasteiger partial charge in [0.25, 0.3) is 5.91 Å². The zero-order valence-corrected chi connectivity index (χ0v) is 13.2. The predicted molar refractivity (Wildman–Crippen MR) is 85.2 cm³/mol. The lowest BCUT2D eigenvalue weighted by Crippen LogP contribution is -2.41. The van der Waals surface area contributed by atoms with Gasteiger partial charge in [-0.05, 0) is 43.7 Å². The summed E-state index contributed by atoms with van der Waals surface area (Å²) in [7, 11) is 0. The van der Waals surface area contributed by atoms with Gasteiger partial charge < -0.3 is 9.64 Å². The lowest BCUT2D eigenvalue weighted by molar-refractivity contribution is -0.142. The van der Waals surface area contributed by atoms with Crippen LogP contribution in [0.1, 0.15) is 50.6 Å². The van der Waals surface area contributed by atoms with E-state index in [1.165, 1.54) is 32.1 Å². The van der Waals surface area contributed by atoms with Crippen LogP contribution < -0.4 is 0 Å². The molecule has 1 aliphatic heterocycles. The number of amides is 1. The summed E-state index contributed by atoms with van der Waals surface area (Å²) in [6, 6.07) is 5.89. The Bertz CT molecular complexity index is 465. The Morgan fingerprint density at radius 3 is 2.73 bits per heavy atom. The van der Waals surface area contributed by atoms with Crippen molar-refractivity contribution in [2.45, 2.75) is 57.6 Å². The second-order valence-corrected chi connectivity index (χ2v) is 6.55. The molecule has 4 heteroatoms. The fourth-order valence-electron chi connectivity index (χ4n) is 3.58. The number of carbonyl (C=O) groups is 1. The Kier molecular flexibility index (Phi) is 5.43. The Morgan fingerprint density at radius 1 is 1.18 bits per heavy atom. The summed E-state index contributed by atoms with van der Waals surface area (Å²) in [5, 5.41) is 0. The molecule has 1 aliphatic carbocycles. The number of pyridine rings is 1. The standard InChI is InChI=1S/C18H26N2O2/c21-18(17-10-6-12-22-17)20(13-15-7-2-1-3-8-15)14-16-9-4-5-11-19-16/h4-5,9,11,15,17H,1-3,6-8,10,12-14H2/t17-/m0/s1. The van der Waals surface area contributed by atoms with Crippen LogP contribution in [0.5, 0.6) is 0 Å². The van der Waals surface area contributed by atoms with E-state index in [0.717, 1.165) is 31.7 Å². The van der Waals surface area contributed by atoms with Crippen molar-refractivity contribution in [1.29, 1.82) is 0 Å². The molecule has 1 atom stereocenters. The first kappa shape index (κ1) is 15.5. The Labute approximate surface area is 132 Å². The molecule has 0 N–H and O–H groups in total. The van der Waals surface area contributed by atoms with Crippen LogP contribution in [0.25, 0.3) is 0 Å². The van der Waals surface area contributed by atoms with Crippen molar-refractivity contribution in [3.05, 3.63) is 30.1 Å². The number of aromatic nitrogens is 1. The molecule has 0 spiro atoms. The van der Waals surface area contributed by atoms with Gasteiger partial charge in [-0.2, -0.15) is 0 Å². The van der Waals surface area contributed by atoms with Gasteiger partial charge in [-0.1, -0.05) is 25.3 Å². The highest BCUT2D eigenvalue weighted by atomic mass is 16.5. The van der Waals surface area contributed by atoms with Crippen LogP contribution >= 0.6 is 0 Å². The van der Waals surface area contributed by atoms with Gasteiger partial charge in [0.1, 0.15) is 6.10 Å². The Morgan fingerprint density at radius 2 is 2.05 bits per heavy atom. The highest BCUT2D eigenvalue weighted by Gasteiger charge is 2.30. The van der Waals surface area contributed by atoms with Crippen molar-refractivity contribution in [1.82, 2.24) is 9.88 Å². The van der Waals surface area contributed by atoms with Crippen molar-refractivity contribution in [3.63, 3.8) is 0 Å². The number of hydrogen-bond acceptors (Lipinski definition) is 3. The van der Waals surface area contributed by atoms with E-state index in [0.29, 0.717) is 12.5 Å². The van der Waals surface area contributed by atoms with Gasteiger partial charge in [0.05, 0.1) is 12.2 Å². The second-order valence-electron chi connectivity index (χ2n) is 6.55. The van der Waals surface area contributed by atoms with Crippen molar-refractivity contribution in [2.24, 2.45) is 5.92 Å². The van der Waals surface area contributed by atoms with E-state index < -0.39 is 0 Å². The third kappa shape index (κ3) is 4.07. The normalized spacial score (nSPS) is 22.6. The van der Waals surface area contributed by atoms with Crippen LogP contribution in [0.15, 0.2) is 24.4 Å². The number of rotatable bonds is 5. The average molecular weight is 302 g/mol. The largest absolute Gasteiger partial charge is 0.368 e. The third-order valence-electron chi connectivity index (χ3n) is 4.80. The van der Waals surface area contributed by atoms with Gasteiger partial charge in [-0.15, -0.1) is 0 Å². The quantitative estimate of drug-likeness (QED) is 0.839. The molecule has 22 heavy (non-hydrogen) atoms. The molecule has 2 heterocycles. The molecule has 2 fully saturated rings. The van der Waals surface area contributed by atoms with Crippen LogP contribution in [0.4, 0.5) is 0 Å². The summed E-state index contributed by atoms with van der Waals surface area (Å²) in [6.45, 7) is 2.18. The monoisotopic (exact) mass is 302 g/mol. The summed E-state index contributed by atoms with van der Waals surface area (Å²) in [4.78, 5) is 19.2. The van der Waals surface area contributed by atoms with E-state index in [1.54, 1.807) is 6.20 Å². The van der Waals surface area contributed by atoms with E-state index in [1.807, 2.05) is 23.1 Å². The van der Waals surface area contributed by atoms with E-state index >= 15 is 0 Å². The zero-order valence-electron chi connectivity index (χ0n) is 13.2. The molecular formula is C18H26N2O2. The van der Waals surface area contributed by atoms with Crippen LogP contribution in [-0.2, 0) is 16.1 Å². The topological polar surface area (TPSA) is 42.4 Å². The van der Waals surface area contributed by atoms with Crippen LogP contribution in [-0.4, -0.2) is 35.0 Å². The molecule has 1 aromatic heterocycles. The molecule has 0 unspecified atom stereocenters. The molecule has 1 aromatic rings. The van der Waals surface area contributed by atoms with Crippen molar-refractivity contribution < 1.29 is 9.53 Å². The van der Waals surface area contributed by atoms with Gasteiger partial charge in [0.15, 0.2) is 0 Å². The summed E-state index contributed by atoms with van der Waals surface area (Å²) in [5.74, 6) is 0.802. The average Bonchev–Trinajstić information content (AvgIpc) is 3.10. The van der Waals surface area contributed by atoms with Gasteiger partial charge in [-0.3, -0.25) is 9.78 Å². The molecule has 0 radical (unpaired) electrons. The Balaban J connectivity index is 1.67. The molecule has 4 nitrogen and oxygen atoms in total. The smallest absolute Gasteiger partial charge is 0.252 e. The number of ether oxygens (including phenoxy) is 1. The maximum Gasteiger partial charge on any atom is 0.252 e. The molecule has 0 bridgehead atoms. The minimum absolute atomic E-state index is 0.161. The Hall–Kier alpha value is -1.42. The van der Waals surface area contributed by atoms with Crippen molar-refractivity contribution >= 4 is 5.91 Å². The maximum atomic E-state index is 12.8. The van der Waals surface area contributed by atoms with Gasteiger partial charge in [0, 0.05) is 19.3 Å². The lowest BCUT2D eigenvalue weighted by Gasteiger charge is -2.31. The minimum atomic E-state index is -0.229. The molecule has 0 aromatic carbocycles. The zero-order chi connectivity index (χ0) is 15.2. The molecule has 1 amide bonds. The SMILES string of the molecule is O=C([C@@H]1CCCO1)N(Cc1ccccn1)CC1CCCCC1.